The highest BCUT2D eigenvalue weighted by molar-refractivity contribution is 7.15. The lowest BCUT2D eigenvalue weighted by Crippen LogP contribution is -2.34. The first-order chi connectivity index (χ1) is 9.04. The Balaban J connectivity index is 2.65. The van der Waals surface area contributed by atoms with Crippen LogP contribution in [0.2, 0.25) is 0 Å². The van der Waals surface area contributed by atoms with Crippen molar-refractivity contribution in [3.8, 4) is 0 Å². The Morgan fingerprint density at radius 2 is 2.05 bits per heavy atom. The van der Waals surface area contributed by atoms with E-state index in [-0.39, 0.29) is 10.1 Å². The summed E-state index contributed by atoms with van der Waals surface area (Å²) in [5.74, 6) is -0.896. The third-order valence-electron chi connectivity index (χ3n) is 2.22. The monoisotopic (exact) mass is 313 g/mol. The third kappa shape index (κ3) is 4.69. The fourth-order valence-corrected chi connectivity index (χ4v) is 1.95. The van der Waals surface area contributed by atoms with Gasteiger partial charge in [-0.1, -0.05) is 11.3 Å². The smallest absolute Gasteiger partial charge is 0.383 e. The molecule has 0 bridgehead atoms. The predicted molar refractivity (Wildman–Crippen MR) is 65.3 cm³/mol. The first-order valence-electron chi connectivity index (χ1n) is 5.49. The van der Waals surface area contributed by atoms with Crippen molar-refractivity contribution < 1.29 is 27.8 Å². The zero-order valence-corrected chi connectivity index (χ0v) is 11.8. The van der Waals surface area contributed by atoms with Crippen LogP contribution in [-0.4, -0.2) is 40.6 Å². The molecule has 1 heterocycles. The van der Waals surface area contributed by atoms with Crippen LogP contribution in [0.1, 0.15) is 25.3 Å². The second-order valence-electron chi connectivity index (χ2n) is 4.49. The SMILES string of the molecule is COC(CC(=O)Nc1nnc(C(C)(C)O)s1)C(F)(F)F. The van der Waals surface area contributed by atoms with E-state index in [2.05, 4.69) is 20.3 Å². The Bertz CT molecular complexity index is 470. The quantitative estimate of drug-likeness (QED) is 0.864. The number of rotatable bonds is 5. The lowest BCUT2D eigenvalue weighted by molar-refractivity contribution is -0.213. The molecule has 1 aromatic rings. The van der Waals surface area contributed by atoms with Crippen LogP contribution in [0.25, 0.3) is 0 Å². The van der Waals surface area contributed by atoms with E-state index in [9.17, 15) is 23.1 Å². The number of hydrogen-bond acceptors (Lipinski definition) is 6. The molecule has 0 fully saturated rings. The Hall–Kier alpha value is -1.26. The number of halogens is 3. The Morgan fingerprint density at radius 1 is 1.45 bits per heavy atom. The predicted octanol–water partition coefficient (Wildman–Crippen LogP) is 1.67. The maximum atomic E-state index is 12.4. The summed E-state index contributed by atoms with van der Waals surface area (Å²) in [6.45, 7) is 2.95. The van der Waals surface area contributed by atoms with E-state index in [1.165, 1.54) is 13.8 Å². The summed E-state index contributed by atoms with van der Waals surface area (Å²) in [5, 5.41) is 19.3. The molecule has 1 amide bonds. The number of aromatic nitrogens is 2. The summed E-state index contributed by atoms with van der Waals surface area (Å²) in [6, 6.07) is 0. The van der Waals surface area contributed by atoms with Crippen LogP contribution in [0.4, 0.5) is 18.3 Å². The number of alkyl halides is 3. The highest BCUT2D eigenvalue weighted by Gasteiger charge is 2.41. The molecule has 0 aromatic carbocycles. The van der Waals surface area contributed by atoms with Gasteiger partial charge in [0.05, 0.1) is 6.42 Å². The molecule has 1 atom stereocenters. The molecule has 0 saturated heterocycles. The number of amides is 1. The molecule has 6 nitrogen and oxygen atoms in total. The summed E-state index contributed by atoms with van der Waals surface area (Å²) in [7, 11) is 0.878. The van der Waals surface area contributed by atoms with Crippen LogP contribution >= 0.6 is 11.3 Å². The zero-order valence-electron chi connectivity index (χ0n) is 11.0. The van der Waals surface area contributed by atoms with Crippen molar-refractivity contribution in [3.05, 3.63) is 5.01 Å². The Kier molecular flexibility index (Phi) is 5.05. The standard InChI is InChI=1S/C10H14F3N3O3S/c1-9(2,18)7-15-16-8(20-7)14-6(17)4-5(19-3)10(11,12)13/h5,18H,4H2,1-3H3,(H,14,16,17). The molecule has 114 valence electrons. The second kappa shape index (κ2) is 6.02. The molecule has 0 radical (unpaired) electrons. The maximum absolute atomic E-state index is 12.4. The van der Waals surface area contributed by atoms with Crippen molar-refractivity contribution in [1.82, 2.24) is 10.2 Å². The van der Waals surface area contributed by atoms with E-state index in [0.717, 1.165) is 18.4 Å². The average Bonchev–Trinajstić information content (AvgIpc) is 2.72. The van der Waals surface area contributed by atoms with E-state index in [4.69, 9.17) is 0 Å². The van der Waals surface area contributed by atoms with Gasteiger partial charge in [-0.25, -0.2) is 0 Å². The van der Waals surface area contributed by atoms with Crippen LogP contribution in [0.3, 0.4) is 0 Å². The van der Waals surface area contributed by atoms with Gasteiger partial charge in [0, 0.05) is 7.11 Å². The topological polar surface area (TPSA) is 84.3 Å². The molecular formula is C10H14F3N3O3S. The van der Waals surface area contributed by atoms with Gasteiger partial charge < -0.3 is 15.2 Å². The van der Waals surface area contributed by atoms with Gasteiger partial charge in [-0.05, 0) is 13.8 Å². The van der Waals surface area contributed by atoms with Crippen molar-refractivity contribution in [3.63, 3.8) is 0 Å². The Morgan fingerprint density at radius 3 is 2.45 bits per heavy atom. The highest BCUT2D eigenvalue weighted by atomic mass is 32.1. The van der Waals surface area contributed by atoms with Crippen LogP contribution < -0.4 is 5.32 Å². The van der Waals surface area contributed by atoms with Gasteiger partial charge >= 0.3 is 6.18 Å². The van der Waals surface area contributed by atoms with Crippen molar-refractivity contribution in [2.24, 2.45) is 0 Å². The number of methoxy groups -OCH3 is 1. The molecule has 0 saturated carbocycles. The van der Waals surface area contributed by atoms with Crippen LogP contribution in [0, 0.1) is 0 Å². The van der Waals surface area contributed by atoms with Crippen LogP contribution in [0.5, 0.6) is 0 Å². The van der Waals surface area contributed by atoms with E-state index < -0.39 is 30.2 Å². The minimum Gasteiger partial charge on any atom is -0.383 e. The number of carbonyl (C=O) groups is 1. The molecular weight excluding hydrogens is 299 g/mol. The van der Waals surface area contributed by atoms with Crippen LogP contribution in [0.15, 0.2) is 0 Å². The molecule has 0 aliphatic heterocycles. The van der Waals surface area contributed by atoms with Gasteiger partial charge in [-0.2, -0.15) is 13.2 Å². The molecule has 20 heavy (non-hydrogen) atoms. The number of ether oxygens (including phenoxy) is 1. The van der Waals surface area contributed by atoms with Crippen LogP contribution in [-0.2, 0) is 15.1 Å². The number of hydrogen-bond donors (Lipinski definition) is 2. The summed E-state index contributed by atoms with van der Waals surface area (Å²) in [5.41, 5.74) is -1.23. The minimum atomic E-state index is -4.62. The van der Waals surface area contributed by atoms with E-state index >= 15 is 0 Å². The third-order valence-corrected chi connectivity index (χ3v) is 3.37. The van der Waals surface area contributed by atoms with Gasteiger partial charge in [0.1, 0.15) is 10.6 Å². The summed E-state index contributed by atoms with van der Waals surface area (Å²) < 4.78 is 41.5. The van der Waals surface area contributed by atoms with Crippen molar-refractivity contribution in [2.75, 3.05) is 12.4 Å². The molecule has 0 spiro atoms. The molecule has 0 aliphatic rings. The number of aliphatic hydroxyl groups is 1. The van der Waals surface area contributed by atoms with E-state index in [1.807, 2.05) is 0 Å². The number of nitrogens with one attached hydrogen (secondary N) is 1. The van der Waals surface area contributed by atoms with E-state index in [0.29, 0.717) is 0 Å². The fraction of sp³-hybridized carbons (Fsp3) is 0.700. The molecule has 1 aromatic heterocycles. The number of nitrogens with zero attached hydrogens (tertiary/aromatic N) is 2. The lowest BCUT2D eigenvalue weighted by Gasteiger charge is -2.17. The van der Waals surface area contributed by atoms with E-state index in [1.54, 1.807) is 0 Å². The van der Waals surface area contributed by atoms with Crippen molar-refractivity contribution in [2.45, 2.75) is 38.1 Å². The first kappa shape index (κ1) is 16.8. The maximum Gasteiger partial charge on any atom is 0.415 e. The largest absolute Gasteiger partial charge is 0.415 e. The van der Waals surface area contributed by atoms with Gasteiger partial charge in [0.2, 0.25) is 11.0 Å². The summed E-state index contributed by atoms with van der Waals surface area (Å²) in [4.78, 5) is 11.5. The Labute approximate surface area is 117 Å². The normalized spacial score (nSPS) is 14.2. The minimum absolute atomic E-state index is 0.0177. The zero-order chi connectivity index (χ0) is 15.6. The second-order valence-corrected chi connectivity index (χ2v) is 5.47. The highest BCUT2D eigenvalue weighted by Crippen LogP contribution is 2.27. The average molecular weight is 313 g/mol. The number of carbonyl (C=O) groups excluding carboxylic acids is 1. The van der Waals surface area contributed by atoms with Gasteiger partial charge in [0.25, 0.3) is 0 Å². The molecule has 10 heteroatoms. The summed E-state index contributed by atoms with van der Waals surface area (Å²) >= 11 is 0.884. The molecule has 1 rings (SSSR count). The number of anilines is 1. The fourth-order valence-electron chi connectivity index (χ4n) is 1.19. The van der Waals surface area contributed by atoms with Gasteiger partial charge in [-0.3, -0.25) is 4.79 Å². The van der Waals surface area contributed by atoms with Crippen molar-refractivity contribution in [1.29, 1.82) is 0 Å². The molecule has 1 unspecified atom stereocenters. The van der Waals surface area contributed by atoms with Crippen molar-refractivity contribution >= 4 is 22.4 Å². The molecule has 2 N–H and O–H groups in total. The first-order valence-corrected chi connectivity index (χ1v) is 6.31. The molecule has 0 aliphatic carbocycles. The summed E-state index contributed by atoms with van der Waals surface area (Å²) in [6.07, 6.45) is -7.67. The van der Waals surface area contributed by atoms with Gasteiger partial charge in [-0.15, -0.1) is 10.2 Å². The van der Waals surface area contributed by atoms with Gasteiger partial charge in [0.15, 0.2) is 6.10 Å². The lowest BCUT2D eigenvalue weighted by atomic mass is 10.2.